The van der Waals surface area contributed by atoms with Crippen LogP contribution in [-0.4, -0.2) is 17.6 Å². The van der Waals surface area contributed by atoms with Crippen LogP contribution in [0.1, 0.15) is 58.6 Å². The van der Waals surface area contributed by atoms with Gasteiger partial charge in [-0.2, -0.15) is 0 Å². The first-order valence-electron chi connectivity index (χ1n) is 9.02. The van der Waals surface area contributed by atoms with E-state index in [1.165, 1.54) is 23.3 Å². The van der Waals surface area contributed by atoms with Crippen molar-refractivity contribution in [3.05, 3.63) is 63.7 Å². The Kier molecular flexibility index (Phi) is 5.82. The number of hydrogen-bond donors (Lipinski definition) is 2. The Bertz CT molecular complexity index is 850. The number of aliphatic hydroxyl groups is 1. The number of nitrogens with one attached hydrogen (secondary N) is 1. The van der Waals surface area contributed by atoms with Gasteiger partial charge in [0.2, 0.25) is 0 Å². The van der Waals surface area contributed by atoms with Crippen LogP contribution in [0.3, 0.4) is 0 Å². The molecule has 1 amide bonds. The number of aryl methyl sites for hydroxylation is 1. The van der Waals surface area contributed by atoms with Gasteiger partial charge in [0.25, 0.3) is 11.8 Å². The third-order valence-corrected chi connectivity index (χ3v) is 5.16. The minimum Gasteiger partial charge on any atom is -0.396 e. The van der Waals surface area contributed by atoms with Crippen LogP contribution in [0, 0.1) is 6.92 Å². The predicted molar refractivity (Wildman–Crippen MR) is 103 cm³/mol. The van der Waals surface area contributed by atoms with E-state index in [0.717, 1.165) is 18.9 Å². The Labute approximate surface area is 162 Å². The number of benzene rings is 2. The molecule has 3 rings (SSSR count). The molecule has 27 heavy (non-hydrogen) atoms. The summed E-state index contributed by atoms with van der Waals surface area (Å²) in [6.45, 7) is 1.71. The van der Waals surface area contributed by atoms with Crippen molar-refractivity contribution < 1.29 is 18.7 Å². The van der Waals surface area contributed by atoms with E-state index in [1.54, 1.807) is 0 Å². The highest BCUT2D eigenvalue weighted by atomic mass is 35.5. The maximum absolute atomic E-state index is 14.3. The Morgan fingerprint density at radius 3 is 2.67 bits per heavy atom. The number of rotatable bonds is 7. The molecule has 1 fully saturated rings. The molecule has 0 radical (unpaired) electrons. The number of anilines is 1. The number of alkyl halides is 2. The standard InChI is InChI=1S/C21H22ClF2NO2/c1-13-3-7-16(12-17(13)14-4-5-14)25-20(27)15-6-8-19(22)18(11-15)21(23,24)9-2-10-26/h3,6-8,11-12,14,26H,2,4-5,9-10H2,1H3,(H,25,27). The molecule has 0 heterocycles. The molecular formula is C21H22ClF2NO2. The van der Waals surface area contributed by atoms with Crippen molar-refractivity contribution in [2.75, 3.05) is 11.9 Å². The van der Waals surface area contributed by atoms with Gasteiger partial charge in [-0.15, -0.1) is 0 Å². The number of aliphatic hydroxyl groups excluding tert-OH is 1. The molecule has 0 atom stereocenters. The van der Waals surface area contributed by atoms with Gasteiger partial charge in [0.1, 0.15) is 0 Å². The van der Waals surface area contributed by atoms with E-state index < -0.39 is 23.8 Å². The zero-order valence-electron chi connectivity index (χ0n) is 15.1. The molecule has 1 aliphatic rings. The first kappa shape index (κ1) is 19.8. The zero-order valence-corrected chi connectivity index (χ0v) is 15.8. The summed E-state index contributed by atoms with van der Waals surface area (Å²) in [4.78, 5) is 12.6. The molecule has 0 spiro atoms. The molecule has 2 aromatic rings. The van der Waals surface area contributed by atoms with Gasteiger partial charge >= 0.3 is 0 Å². The van der Waals surface area contributed by atoms with Crippen molar-refractivity contribution in [3.8, 4) is 0 Å². The second-order valence-corrected chi connectivity index (χ2v) is 7.43. The maximum atomic E-state index is 14.3. The molecule has 0 unspecified atom stereocenters. The SMILES string of the molecule is Cc1ccc(NC(=O)c2ccc(Cl)c(C(F)(F)CCCO)c2)cc1C1CC1. The largest absolute Gasteiger partial charge is 0.396 e. The van der Waals surface area contributed by atoms with Gasteiger partial charge in [-0.3, -0.25) is 4.79 Å². The summed E-state index contributed by atoms with van der Waals surface area (Å²) in [5.74, 6) is -3.12. The zero-order chi connectivity index (χ0) is 19.6. The molecule has 0 aliphatic heterocycles. The third-order valence-electron chi connectivity index (χ3n) is 4.83. The van der Waals surface area contributed by atoms with Crippen LogP contribution < -0.4 is 5.32 Å². The molecule has 144 valence electrons. The molecule has 2 aromatic carbocycles. The fraction of sp³-hybridized carbons (Fsp3) is 0.381. The van der Waals surface area contributed by atoms with Gasteiger partial charge in [-0.1, -0.05) is 17.7 Å². The smallest absolute Gasteiger partial charge is 0.274 e. The van der Waals surface area contributed by atoms with Gasteiger partial charge in [0.05, 0.1) is 0 Å². The lowest BCUT2D eigenvalue weighted by Crippen LogP contribution is -2.17. The summed E-state index contributed by atoms with van der Waals surface area (Å²) in [5.41, 5.74) is 2.78. The van der Waals surface area contributed by atoms with Gasteiger partial charge in [-0.25, -0.2) is 8.78 Å². The second-order valence-electron chi connectivity index (χ2n) is 7.03. The summed E-state index contributed by atoms with van der Waals surface area (Å²) in [7, 11) is 0. The van der Waals surface area contributed by atoms with Gasteiger partial charge in [0.15, 0.2) is 0 Å². The molecule has 2 N–H and O–H groups in total. The van der Waals surface area contributed by atoms with Crippen LogP contribution in [0.4, 0.5) is 14.5 Å². The van der Waals surface area contributed by atoms with Crippen LogP contribution in [0.5, 0.6) is 0 Å². The highest BCUT2D eigenvalue weighted by Crippen LogP contribution is 2.42. The van der Waals surface area contributed by atoms with E-state index in [4.69, 9.17) is 16.7 Å². The average molecular weight is 394 g/mol. The van der Waals surface area contributed by atoms with Crippen molar-refractivity contribution in [1.29, 1.82) is 0 Å². The monoisotopic (exact) mass is 393 g/mol. The number of amides is 1. The van der Waals surface area contributed by atoms with Crippen molar-refractivity contribution >= 4 is 23.2 Å². The summed E-state index contributed by atoms with van der Waals surface area (Å²) in [6.07, 6.45) is 1.73. The minimum absolute atomic E-state index is 0.0485. The average Bonchev–Trinajstić information content (AvgIpc) is 3.47. The van der Waals surface area contributed by atoms with E-state index >= 15 is 0 Å². The molecule has 0 bridgehead atoms. The Hall–Kier alpha value is -1.98. The van der Waals surface area contributed by atoms with E-state index in [2.05, 4.69) is 5.32 Å². The highest BCUT2D eigenvalue weighted by molar-refractivity contribution is 6.31. The summed E-state index contributed by atoms with van der Waals surface area (Å²) < 4.78 is 28.7. The van der Waals surface area contributed by atoms with E-state index in [-0.39, 0.29) is 23.6 Å². The van der Waals surface area contributed by atoms with Gasteiger partial charge in [0, 0.05) is 34.9 Å². The van der Waals surface area contributed by atoms with Crippen LogP contribution in [-0.2, 0) is 5.92 Å². The van der Waals surface area contributed by atoms with Crippen molar-refractivity contribution in [2.45, 2.75) is 44.4 Å². The van der Waals surface area contributed by atoms with Crippen molar-refractivity contribution in [1.82, 2.24) is 0 Å². The van der Waals surface area contributed by atoms with Crippen LogP contribution in [0.2, 0.25) is 5.02 Å². The number of halogens is 3. The van der Waals surface area contributed by atoms with E-state index in [1.807, 2.05) is 25.1 Å². The fourth-order valence-corrected chi connectivity index (χ4v) is 3.39. The Morgan fingerprint density at radius 1 is 1.26 bits per heavy atom. The summed E-state index contributed by atoms with van der Waals surface area (Å²) in [5, 5.41) is 11.5. The molecule has 1 saturated carbocycles. The van der Waals surface area contributed by atoms with Crippen LogP contribution in [0.25, 0.3) is 0 Å². The second kappa shape index (κ2) is 7.95. The van der Waals surface area contributed by atoms with Crippen molar-refractivity contribution in [3.63, 3.8) is 0 Å². The predicted octanol–water partition coefficient (Wildman–Crippen LogP) is 5.64. The number of carbonyl (C=O) groups excluding carboxylic acids is 1. The number of hydrogen-bond acceptors (Lipinski definition) is 2. The first-order valence-corrected chi connectivity index (χ1v) is 9.40. The minimum atomic E-state index is -3.21. The van der Waals surface area contributed by atoms with Crippen LogP contribution >= 0.6 is 11.6 Å². The van der Waals surface area contributed by atoms with Gasteiger partial charge < -0.3 is 10.4 Å². The van der Waals surface area contributed by atoms with E-state index in [9.17, 15) is 13.6 Å². The first-order chi connectivity index (χ1) is 12.8. The Morgan fingerprint density at radius 2 is 2.00 bits per heavy atom. The summed E-state index contributed by atoms with van der Waals surface area (Å²) >= 11 is 5.93. The summed E-state index contributed by atoms with van der Waals surface area (Å²) in [6, 6.07) is 9.59. The van der Waals surface area contributed by atoms with Crippen molar-refractivity contribution in [2.24, 2.45) is 0 Å². The lowest BCUT2D eigenvalue weighted by Gasteiger charge is -2.18. The molecule has 1 aliphatic carbocycles. The molecule has 6 heteroatoms. The highest BCUT2D eigenvalue weighted by Gasteiger charge is 2.33. The Balaban J connectivity index is 1.81. The van der Waals surface area contributed by atoms with Crippen LogP contribution in [0.15, 0.2) is 36.4 Å². The quantitative estimate of drug-likeness (QED) is 0.639. The van der Waals surface area contributed by atoms with E-state index in [0.29, 0.717) is 11.6 Å². The fourth-order valence-electron chi connectivity index (χ4n) is 3.14. The van der Waals surface area contributed by atoms with Gasteiger partial charge in [-0.05, 0) is 73.6 Å². The topological polar surface area (TPSA) is 49.3 Å². The maximum Gasteiger partial charge on any atom is 0.274 e. The molecule has 3 nitrogen and oxygen atoms in total. The lowest BCUT2D eigenvalue weighted by molar-refractivity contribution is -0.0187. The normalized spacial score (nSPS) is 14.3. The third kappa shape index (κ3) is 4.66. The molecular weight excluding hydrogens is 372 g/mol. The molecule has 0 saturated heterocycles. The lowest BCUT2D eigenvalue weighted by atomic mass is 10.0. The number of carbonyl (C=O) groups is 1. The molecule has 0 aromatic heterocycles.